The number of hydrogen-bond acceptors (Lipinski definition) is 3. The zero-order valence-corrected chi connectivity index (χ0v) is 12.2. The van der Waals surface area contributed by atoms with Gasteiger partial charge in [0, 0.05) is 12.5 Å². The van der Waals surface area contributed by atoms with Crippen molar-refractivity contribution in [2.45, 2.75) is 39.5 Å². The van der Waals surface area contributed by atoms with Crippen molar-refractivity contribution in [2.75, 3.05) is 13.1 Å². The van der Waals surface area contributed by atoms with Gasteiger partial charge in [0.05, 0.1) is 12.5 Å². The van der Waals surface area contributed by atoms with Gasteiger partial charge in [-0.05, 0) is 25.2 Å². The molecule has 3 N–H and O–H groups in total. The van der Waals surface area contributed by atoms with Crippen LogP contribution in [-0.4, -0.2) is 40.9 Å². The maximum absolute atomic E-state index is 12.5. The van der Waals surface area contributed by atoms with E-state index in [9.17, 15) is 14.4 Å². The van der Waals surface area contributed by atoms with Crippen molar-refractivity contribution in [3.05, 3.63) is 0 Å². The smallest absolute Gasteiger partial charge is 0.306 e. The summed E-state index contributed by atoms with van der Waals surface area (Å²) in [5.41, 5.74) is 5.18. The second-order valence-electron chi connectivity index (χ2n) is 5.98. The first-order valence-corrected chi connectivity index (χ1v) is 7.11. The van der Waals surface area contributed by atoms with Gasteiger partial charge in [-0.15, -0.1) is 0 Å². The van der Waals surface area contributed by atoms with Crippen LogP contribution in [0.5, 0.6) is 0 Å². The monoisotopic (exact) mass is 284 g/mol. The summed E-state index contributed by atoms with van der Waals surface area (Å²) in [5, 5.41) is 9.07. The molecule has 0 aromatic heterocycles. The van der Waals surface area contributed by atoms with Gasteiger partial charge in [0.25, 0.3) is 0 Å². The van der Waals surface area contributed by atoms with Crippen LogP contribution in [0.2, 0.25) is 0 Å². The summed E-state index contributed by atoms with van der Waals surface area (Å²) in [6.07, 6.45) is 2.41. The number of amides is 2. The molecule has 1 rings (SSSR count). The van der Waals surface area contributed by atoms with Crippen molar-refractivity contribution in [1.29, 1.82) is 0 Å². The molecule has 0 radical (unpaired) electrons. The van der Waals surface area contributed by atoms with E-state index in [0.29, 0.717) is 25.8 Å². The fraction of sp³-hybridized carbons (Fsp3) is 0.786. The molecule has 0 aromatic carbocycles. The van der Waals surface area contributed by atoms with Gasteiger partial charge in [-0.1, -0.05) is 20.3 Å². The molecule has 0 heterocycles. The lowest BCUT2D eigenvalue weighted by molar-refractivity contribution is -0.146. The van der Waals surface area contributed by atoms with E-state index in [1.165, 1.54) is 4.90 Å². The number of nitrogens with two attached hydrogens (primary N) is 1. The maximum Gasteiger partial charge on any atom is 0.306 e. The minimum absolute atomic E-state index is 0.0920. The molecule has 0 unspecified atom stereocenters. The molecular weight excluding hydrogens is 260 g/mol. The first kappa shape index (κ1) is 16.5. The molecule has 1 saturated carbocycles. The highest BCUT2D eigenvalue weighted by Gasteiger charge is 2.33. The molecule has 114 valence electrons. The normalized spacial score (nSPS) is 22.6. The lowest BCUT2D eigenvalue weighted by Crippen LogP contribution is -2.44. The lowest BCUT2D eigenvalue weighted by Gasteiger charge is -2.31. The Balaban J connectivity index is 2.72. The Hall–Kier alpha value is -1.59. The first-order chi connectivity index (χ1) is 9.31. The van der Waals surface area contributed by atoms with E-state index in [1.807, 2.05) is 13.8 Å². The third-order valence-electron chi connectivity index (χ3n) is 3.62. The Morgan fingerprint density at radius 3 is 2.35 bits per heavy atom. The van der Waals surface area contributed by atoms with Crippen molar-refractivity contribution < 1.29 is 19.5 Å². The number of carbonyl (C=O) groups excluding carboxylic acids is 2. The summed E-state index contributed by atoms with van der Waals surface area (Å²) in [6.45, 7) is 4.30. The van der Waals surface area contributed by atoms with Gasteiger partial charge in [-0.2, -0.15) is 0 Å². The molecule has 0 spiro atoms. The molecule has 0 bridgehead atoms. The number of carbonyl (C=O) groups is 3. The van der Waals surface area contributed by atoms with E-state index >= 15 is 0 Å². The highest BCUT2D eigenvalue weighted by molar-refractivity contribution is 5.85. The lowest BCUT2D eigenvalue weighted by atomic mass is 9.80. The number of primary amides is 1. The Kier molecular flexibility index (Phi) is 5.98. The van der Waals surface area contributed by atoms with E-state index in [0.717, 1.165) is 6.42 Å². The summed E-state index contributed by atoms with van der Waals surface area (Å²) in [7, 11) is 0. The van der Waals surface area contributed by atoms with Crippen molar-refractivity contribution in [1.82, 2.24) is 4.90 Å². The Labute approximate surface area is 119 Å². The van der Waals surface area contributed by atoms with Crippen LogP contribution in [-0.2, 0) is 14.4 Å². The predicted octanol–water partition coefficient (Wildman–Crippen LogP) is 0.847. The topological polar surface area (TPSA) is 101 Å². The largest absolute Gasteiger partial charge is 0.481 e. The van der Waals surface area contributed by atoms with Gasteiger partial charge in [-0.3, -0.25) is 14.4 Å². The minimum atomic E-state index is -0.840. The van der Waals surface area contributed by atoms with Crippen LogP contribution in [0.15, 0.2) is 0 Å². The quantitative estimate of drug-likeness (QED) is 0.755. The van der Waals surface area contributed by atoms with Gasteiger partial charge in [0.1, 0.15) is 0 Å². The summed E-state index contributed by atoms with van der Waals surface area (Å²) in [4.78, 5) is 36.1. The minimum Gasteiger partial charge on any atom is -0.481 e. The Morgan fingerprint density at radius 1 is 1.25 bits per heavy atom. The van der Waals surface area contributed by atoms with Crippen molar-refractivity contribution in [2.24, 2.45) is 23.5 Å². The molecule has 2 amide bonds. The van der Waals surface area contributed by atoms with Crippen molar-refractivity contribution in [3.8, 4) is 0 Å². The summed E-state index contributed by atoms with van der Waals surface area (Å²) in [6, 6.07) is 0. The zero-order chi connectivity index (χ0) is 15.3. The molecular formula is C14H24N2O4. The van der Waals surface area contributed by atoms with Crippen LogP contribution in [0.25, 0.3) is 0 Å². The first-order valence-electron chi connectivity index (χ1n) is 7.11. The Morgan fingerprint density at radius 2 is 1.85 bits per heavy atom. The van der Waals surface area contributed by atoms with Crippen LogP contribution in [0.3, 0.4) is 0 Å². The molecule has 6 nitrogen and oxygen atoms in total. The van der Waals surface area contributed by atoms with E-state index < -0.39 is 17.8 Å². The van der Waals surface area contributed by atoms with Crippen LogP contribution in [0, 0.1) is 17.8 Å². The third kappa shape index (κ3) is 4.83. The van der Waals surface area contributed by atoms with Gasteiger partial charge in [0.2, 0.25) is 11.8 Å². The highest BCUT2D eigenvalue weighted by Crippen LogP contribution is 2.30. The Bertz CT molecular complexity index is 381. The van der Waals surface area contributed by atoms with E-state index in [2.05, 4.69) is 0 Å². The predicted molar refractivity (Wildman–Crippen MR) is 73.7 cm³/mol. The van der Waals surface area contributed by atoms with E-state index in [1.54, 1.807) is 0 Å². The molecule has 1 aliphatic rings. The van der Waals surface area contributed by atoms with Gasteiger partial charge in [-0.25, -0.2) is 0 Å². The number of carboxylic acid groups (broad SMARTS) is 1. The molecule has 0 aromatic rings. The number of aliphatic carboxylic acids is 1. The van der Waals surface area contributed by atoms with E-state index in [4.69, 9.17) is 10.8 Å². The van der Waals surface area contributed by atoms with Gasteiger partial charge in [0.15, 0.2) is 0 Å². The van der Waals surface area contributed by atoms with E-state index in [-0.39, 0.29) is 24.3 Å². The van der Waals surface area contributed by atoms with Crippen LogP contribution >= 0.6 is 0 Å². The molecule has 6 heteroatoms. The molecule has 20 heavy (non-hydrogen) atoms. The molecule has 1 fully saturated rings. The van der Waals surface area contributed by atoms with Crippen molar-refractivity contribution in [3.63, 3.8) is 0 Å². The zero-order valence-electron chi connectivity index (χ0n) is 12.2. The molecule has 0 saturated heterocycles. The number of carboxylic acids is 1. The van der Waals surface area contributed by atoms with Crippen LogP contribution < -0.4 is 5.73 Å². The summed E-state index contributed by atoms with van der Waals surface area (Å²) >= 11 is 0. The average molecular weight is 284 g/mol. The number of rotatable bonds is 6. The summed E-state index contributed by atoms with van der Waals surface area (Å²) in [5.74, 6) is -2.03. The molecule has 1 aliphatic carbocycles. The van der Waals surface area contributed by atoms with Crippen molar-refractivity contribution >= 4 is 17.8 Å². The third-order valence-corrected chi connectivity index (χ3v) is 3.62. The van der Waals surface area contributed by atoms with Crippen LogP contribution in [0.1, 0.15) is 39.5 Å². The van der Waals surface area contributed by atoms with Crippen LogP contribution in [0.4, 0.5) is 0 Å². The standard InChI is InChI=1S/C14H24N2O4/c1-9(2)7-16(8-12(15)17)13(18)10-4-3-5-11(6-10)14(19)20/h9-11H,3-8H2,1-2H3,(H2,15,17)(H,19,20)/t10-,11-/m1/s1. The maximum atomic E-state index is 12.5. The molecule has 0 aliphatic heterocycles. The average Bonchev–Trinajstić information content (AvgIpc) is 2.36. The van der Waals surface area contributed by atoms with Gasteiger partial charge < -0.3 is 15.7 Å². The number of nitrogens with zero attached hydrogens (tertiary/aromatic N) is 1. The second-order valence-corrected chi connectivity index (χ2v) is 5.98. The number of hydrogen-bond donors (Lipinski definition) is 2. The van der Waals surface area contributed by atoms with Gasteiger partial charge >= 0.3 is 5.97 Å². The summed E-state index contributed by atoms with van der Waals surface area (Å²) < 4.78 is 0. The highest BCUT2D eigenvalue weighted by atomic mass is 16.4. The molecule has 2 atom stereocenters. The fourth-order valence-electron chi connectivity index (χ4n) is 2.76. The second kappa shape index (κ2) is 7.26. The fourth-order valence-corrected chi connectivity index (χ4v) is 2.76. The SMILES string of the molecule is CC(C)CN(CC(N)=O)C(=O)[C@@H]1CCC[C@@H](C(=O)O)C1.